The number of hydrogen-bond donors (Lipinski definition) is 1. The maximum Gasteiger partial charge on any atom is 0.337 e. The number of aliphatic hydroxyl groups excluding tert-OH is 1. The van der Waals surface area contributed by atoms with E-state index in [9.17, 15) is 4.79 Å². The van der Waals surface area contributed by atoms with Crippen LogP contribution in [0.25, 0.3) is 0 Å². The highest BCUT2D eigenvalue weighted by atomic mass is 16.6. The molecule has 0 aromatic carbocycles. The van der Waals surface area contributed by atoms with Crippen LogP contribution in [0, 0.1) is 17.8 Å². The van der Waals surface area contributed by atoms with Crippen LogP contribution in [0.4, 0.5) is 0 Å². The smallest absolute Gasteiger partial charge is 0.337 e. The second kappa shape index (κ2) is 3.76. The number of carbonyl (C=O) groups is 1. The minimum atomic E-state index is -0.338. The van der Waals surface area contributed by atoms with Crippen LogP contribution >= 0.6 is 0 Å². The van der Waals surface area contributed by atoms with Gasteiger partial charge in [0.1, 0.15) is 5.60 Å². The second-order valence-corrected chi connectivity index (χ2v) is 6.30. The molecule has 0 saturated heterocycles. The largest absolute Gasteiger partial charge is 0.515 e. The van der Waals surface area contributed by atoms with Crippen LogP contribution in [-0.4, -0.2) is 16.7 Å². The van der Waals surface area contributed by atoms with Crippen LogP contribution in [0.1, 0.15) is 45.4 Å². The van der Waals surface area contributed by atoms with Crippen LogP contribution in [-0.2, 0) is 9.53 Å². The highest BCUT2D eigenvalue weighted by Gasteiger charge is 2.53. The van der Waals surface area contributed by atoms with Gasteiger partial charge < -0.3 is 9.84 Å². The van der Waals surface area contributed by atoms with Crippen LogP contribution in [0.5, 0.6) is 0 Å². The molecule has 4 bridgehead atoms. The van der Waals surface area contributed by atoms with Gasteiger partial charge in [-0.1, -0.05) is 0 Å². The first-order valence-electron chi connectivity index (χ1n) is 6.64. The standard InChI is InChI=1S/C14H20O3/c1-9(8-15)13(16)17-14-5-10-2-11(6-14)4-12(3-10)7-14/h8,10-12,15H,2-7H2,1H3. The fourth-order valence-electron chi connectivity index (χ4n) is 4.49. The molecule has 0 radical (unpaired) electrons. The first-order valence-corrected chi connectivity index (χ1v) is 6.64. The molecule has 3 heteroatoms. The lowest BCUT2D eigenvalue weighted by atomic mass is 9.54. The summed E-state index contributed by atoms with van der Waals surface area (Å²) in [6.45, 7) is 1.60. The summed E-state index contributed by atoms with van der Waals surface area (Å²) in [7, 11) is 0. The zero-order valence-electron chi connectivity index (χ0n) is 10.3. The van der Waals surface area contributed by atoms with Crippen LogP contribution in [0.15, 0.2) is 11.8 Å². The monoisotopic (exact) mass is 236 g/mol. The maximum atomic E-state index is 11.8. The van der Waals surface area contributed by atoms with E-state index in [0.717, 1.165) is 43.3 Å². The van der Waals surface area contributed by atoms with Gasteiger partial charge in [-0.05, 0) is 63.2 Å². The Bertz CT molecular complexity index is 334. The summed E-state index contributed by atoms with van der Waals surface area (Å²) >= 11 is 0. The van der Waals surface area contributed by atoms with Gasteiger partial charge in [0.05, 0.1) is 11.8 Å². The Hall–Kier alpha value is -0.990. The first kappa shape index (κ1) is 11.1. The van der Waals surface area contributed by atoms with Gasteiger partial charge in [0, 0.05) is 0 Å². The quantitative estimate of drug-likeness (QED) is 0.455. The molecule has 0 amide bonds. The van der Waals surface area contributed by atoms with Crippen molar-refractivity contribution in [2.45, 2.75) is 51.0 Å². The Balaban J connectivity index is 1.76. The molecule has 0 unspecified atom stereocenters. The average Bonchev–Trinajstić information content (AvgIpc) is 2.25. The number of carbonyl (C=O) groups excluding carboxylic acids is 1. The van der Waals surface area contributed by atoms with E-state index in [1.165, 1.54) is 19.3 Å². The second-order valence-electron chi connectivity index (χ2n) is 6.30. The van der Waals surface area contributed by atoms with Gasteiger partial charge in [-0.15, -0.1) is 0 Å². The number of hydrogen-bond acceptors (Lipinski definition) is 3. The van der Waals surface area contributed by atoms with Crippen molar-refractivity contribution < 1.29 is 14.6 Å². The SMILES string of the molecule is CC(=CO)C(=O)OC12CC3CC(CC(C3)C1)C2. The summed E-state index contributed by atoms with van der Waals surface area (Å²) < 4.78 is 5.74. The molecule has 1 N–H and O–H groups in total. The number of aliphatic hydroxyl groups is 1. The molecule has 0 aliphatic heterocycles. The van der Waals surface area contributed by atoms with E-state index in [0.29, 0.717) is 5.57 Å². The predicted octanol–water partition coefficient (Wildman–Crippen LogP) is 2.96. The van der Waals surface area contributed by atoms with E-state index in [4.69, 9.17) is 9.84 Å². The molecule has 3 nitrogen and oxygen atoms in total. The molecule has 0 atom stereocenters. The predicted molar refractivity (Wildman–Crippen MR) is 63.4 cm³/mol. The highest BCUT2D eigenvalue weighted by molar-refractivity contribution is 5.87. The summed E-state index contributed by atoms with van der Waals surface area (Å²) in [6.07, 6.45) is 8.00. The summed E-state index contributed by atoms with van der Waals surface area (Å²) in [6, 6.07) is 0. The minimum Gasteiger partial charge on any atom is -0.515 e. The lowest BCUT2D eigenvalue weighted by Gasteiger charge is -2.55. The topological polar surface area (TPSA) is 46.5 Å². The van der Waals surface area contributed by atoms with Crippen LogP contribution < -0.4 is 0 Å². The van der Waals surface area contributed by atoms with Crippen LogP contribution in [0.3, 0.4) is 0 Å². The molecule has 4 rings (SSSR count). The highest BCUT2D eigenvalue weighted by Crippen LogP contribution is 2.57. The molecule has 4 aliphatic rings. The van der Waals surface area contributed by atoms with Crippen molar-refractivity contribution in [1.82, 2.24) is 0 Å². The molecule has 4 fully saturated rings. The zero-order chi connectivity index (χ0) is 12.0. The Kier molecular flexibility index (Phi) is 2.46. The third kappa shape index (κ3) is 1.85. The third-order valence-electron chi connectivity index (χ3n) is 4.81. The fraction of sp³-hybridized carbons (Fsp3) is 0.786. The van der Waals surface area contributed by atoms with Crippen molar-refractivity contribution in [3.8, 4) is 0 Å². The Morgan fingerprint density at radius 1 is 1.18 bits per heavy atom. The molecule has 0 heterocycles. The Labute approximate surface area is 102 Å². The normalized spacial score (nSPS) is 43.8. The molecule has 94 valence electrons. The lowest BCUT2D eigenvalue weighted by molar-refractivity contribution is -0.182. The third-order valence-corrected chi connectivity index (χ3v) is 4.81. The Morgan fingerprint density at radius 2 is 1.65 bits per heavy atom. The van der Waals surface area contributed by atoms with Gasteiger partial charge in [0.2, 0.25) is 0 Å². The summed E-state index contributed by atoms with van der Waals surface area (Å²) in [5.41, 5.74) is 0.108. The summed E-state index contributed by atoms with van der Waals surface area (Å²) in [4.78, 5) is 11.8. The summed E-state index contributed by atoms with van der Waals surface area (Å²) in [5, 5.41) is 8.86. The molecular formula is C14H20O3. The molecule has 0 aromatic heterocycles. The molecular weight excluding hydrogens is 216 g/mol. The van der Waals surface area contributed by atoms with Gasteiger partial charge in [0.15, 0.2) is 0 Å². The van der Waals surface area contributed by atoms with E-state index < -0.39 is 0 Å². The zero-order valence-corrected chi connectivity index (χ0v) is 10.3. The van der Waals surface area contributed by atoms with Crippen LogP contribution in [0.2, 0.25) is 0 Å². The van der Waals surface area contributed by atoms with E-state index >= 15 is 0 Å². The number of ether oxygens (including phenoxy) is 1. The van der Waals surface area contributed by atoms with E-state index in [-0.39, 0.29) is 11.6 Å². The van der Waals surface area contributed by atoms with Gasteiger partial charge in [-0.2, -0.15) is 0 Å². The summed E-state index contributed by atoms with van der Waals surface area (Å²) in [5.74, 6) is 1.97. The van der Waals surface area contributed by atoms with Gasteiger partial charge >= 0.3 is 5.97 Å². The lowest BCUT2D eigenvalue weighted by Crippen LogP contribution is -2.52. The molecule has 0 aromatic rings. The van der Waals surface area contributed by atoms with Gasteiger partial charge in [0.25, 0.3) is 0 Å². The minimum absolute atomic E-state index is 0.198. The first-order chi connectivity index (χ1) is 8.10. The molecule has 4 saturated carbocycles. The average molecular weight is 236 g/mol. The van der Waals surface area contributed by atoms with E-state index in [2.05, 4.69) is 0 Å². The van der Waals surface area contributed by atoms with Crippen molar-refractivity contribution in [2.24, 2.45) is 17.8 Å². The Morgan fingerprint density at radius 3 is 2.06 bits per heavy atom. The number of esters is 1. The molecule has 4 aliphatic carbocycles. The van der Waals surface area contributed by atoms with E-state index in [1.807, 2.05) is 0 Å². The van der Waals surface area contributed by atoms with E-state index in [1.54, 1.807) is 6.92 Å². The van der Waals surface area contributed by atoms with Gasteiger partial charge in [-0.25, -0.2) is 4.79 Å². The van der Waals surface area contributed by atoms with Crippen molar-refractivity contribution in [1.29, 1.82) is 0 Å². The van der Waals surface area contributed by atoms with Crippen molar-refractivity contribution in [3.63, 3.8) is 0 Å². The molecule has 0 spiro atoms. The van der Waals surface area contributed by atoms with Crippen molar-refractivity contribution in [3.05, 3.63) is 11.8 Å². The van der Waals surface area contributed by atoms with Crippen molar-refractivity contribution >= 4 is 5.97 Å². The fourth-order valence-corrected chi connectivity index (χ4v) is 4.49. The van der Waals surface area contributed by atoms with Crippen molar-refractivity contribution in [2.75, 3.05) is 0 Å². The maximum absolute atomic E-state index is 11.8. The number of rotatable bonds is 2. The van der Waals surface area contributed by atoms with Gasteiger partial charge in [-0.3, -0.25) is 0 Å². The molecule has 17 heavy (non-hydrogen) atoms.